The van der Waals surface area contributed by atoms with E-state index in [4.69, 9.17) is 4.74 Å². The highest BCUT2D eigenvalue weighted by molar-refractivity contribution is 5.95. The SMILES string of the molecule is COc1ccc2c(c1)c(-c1ccc(NC(=O)NCc3ccncc3)cc1)nn2C. The molecule has 0 saturated carbocycles. The lowest BCUT2D eigenvalue weighted by molar-refractivity contribution is 0.251. The second kappa shape index (κ2) is 8.02. The molecule has 2 aromatic carbocycles. The van der Waals surface area contributed by atoms with Crippen LogP contribution in [0.1, 0.15) is 5.56 Å². The number of urea groups is 1. The fraction of sp³-hybridized carbons (Fsp3) is 0.136. The number of hydrogen-bond acceptors (Lipinski definition) is 4. The molecule has 0 aliphatic heterocycles. The molecule has 7 heteroatoms. The maximum Gasteiger partial charge on any atom is 0.319 e. The molecule has 2 aromatic heterocycles. The van der Waals surface area contributed by atoms with Crippen molar-refractivity contribution in [2.24, 2.45) is 7.05 Å². The molecule has 0 unspecified atom stereocenters. The Bertz CT molecular complexity index is 1140. The standard InChI is InChI=1S/C22H21N5O2/c1-27-20-8-7-18(29-2)13-19(20)21(26-27)16-3-5-17(6-4-16)25-22(28)24-14-15-9-11-23-12-10-15/h3-13H,14H2,1-2H3,(H2,24,25,28). The van der Waals surface area contributed by atoms with Gasteiger partial charge in [0.2, 0.25) is 0 Å². The van der Waals surface area contributed by atoms with E-state index < -0.39 is 0 Å². The number of pyridine rings is 1. The predicted octanol–water partition coefficient (Wildman–Crippen LogP) is 3.97. The molecule has 146 valence electrons. The van der Waals surface area contributed by atoms with Gasteiger partial charge in [-0.25, -0.2) is 4.79 Å². The highest BCUT2D eigenvalue weighted by Crippen LogP contribution is 2.31. The van der Waals surface area contributed by atoms with Crippen molar-refractivity contribution in [3.63, 3.8) is 0 Å². The van der Waals surface area contributed by atoms with Crippen molar-refractivity contribution in [3.8, 4) is 17.0 Å². The Hall–Kier alpha value is -3.87. The minimum absolute atomic E-state index is 0.261. The smallest absolute Gasteiger partial charge is 0.319 e. The molecule has 0 aliphatic rings. The highest BCUT2D eigenvalue weighted by Gasteiger charge is 2.12. The van der Waals surface area contributed by atoms with E-state index in [-0.39, 0.29) is 6.03 Å². The average molecular weight is 387 g/mol. The Morgan fingerprint density at radius 1 is 1.07 bits per heavy atom. The van der Waals surface area contributed by atoms with Crippen LogP contribution >= 0.6 is 0 Å². The van der Waals surface area contributed by atoms with Crippen LogP contribution in [0.2, 0.25) is 0 Å². The highest BCUT2D eigenvalue weighted by atomic mass is 16.5. The zero-order valence-corrected chi connectivity index (χ0v) is 16.2. The van der Waals surface area contributed by atoms with Crippen LogP contribution in [0.3, 0.4) is 0 Å². The van der Waals surface area contributed by atoms with Crippen LogP contribution in [0.25, 0.3) is 22.2 Å². The molecule has 0 fully saturated rings. The lowest BCUT2D eigenvalue weighted by atomic mass is 10.1. The van der Waals surface area contributed by atoms with Crippen molar-refractivity contribution >= 4 is 22.6 Å². The normalized spacial score (nSPS) is 10.7. The summed E-state index contributed by atoms with van der Waals surface area (Å²) in [6, 6.07) is 17.0. The lowest BCUT2D eigenvalue weighted by Gasteiger charge is -2.08. The third kappa shape index (κ3) is 4.03. The molecular weight excluding hydrogens is 366 g/mol. The molecule has 7 nitrogen and oxygen atoms in total. The van der Waals surface area contributed by atoms with Crippen LogP contribution in [0.4, 0.5) is 10.5 Å². The van der Waals surface area contributed by atoms with Crippen molar-refractivity contribution in [2.75, 3.05) is 12.4 Å². The number of anilines is 1. The van der Waals surface area contributed by atoms with Crippen LogP contribution in [0.15, 0.2) is 67.0 Å². The Balaban J connectivity index is 1.48. The third-order valence-corrected chi connectivity index (χ3v) is 4.68. The third-order valence-electron chi connectivity index (χ3n) is 4.68. The second-order valence-corrected chi connectivity index (χ2v) is 6.60. The summed E-state index contributed by atoms with van der Waals surface area (Å²) in [5.41, 5.74) is 4.56. The van der Waals surface area contributed by atoms with Crippen LogP contribution in [-0.2, 0) is 13.6 Å². The van der Waals surface area contributed by atoms with E-state index in [0.29, 0.717) is 12.2 Å². The maximum atomic E-state index is 12.1. The average Bonchev–Trinajstić information content (AvgIpc) is 3.09. The molecular formula is C22H21N5O2. The molecule has 2 N–H and O–H groups in total. The van der Waals surface area contributed by atoms with Gasteiger partial charge in [-0.05, 0) is 48.0 Å². The molecule has 0 radical (unpaired) electrons. The minimum Gasteiger partial charge on any atom is -0.497 e. The van der Waals surface area contributed by atoms with Gasteiger partial charge in [0.15, 0.2) is 0 Å². The molecule has 4 aromatic rings. The van der Waals surface area contributed by atoms with Gasteiger partial charge in [0, 0.05) is 42.6 Å². The summed E-state index contributed by atoms with van der Waals surface area (Å²) >= 11 is 0. The number of aryl methyl sites for hydroxylation is 1. The van der Waals surface area contributed by atoms with Crippen LogP contribution in [0.5, 0.6) is 5.75 Å². The zero-order chi connectivity index (χ0) is 20.2. The Kier molecular flexibility index (Phi) is 5.11. The van der Waals surface area contributed by atoms with Gasteiger partial charge in [0.1, 0.15) is 11.4 Å². The van der Waals surface area contributed by atoms with E-state index >= 15 is 0 Å². The first-order valence-corrected chi connectivity index (χ1v) is 9.19. The molecule has 2 heterocycles. The summed E-state index contributed by atoms with van der Waals surface area (Å²) in [4.78, 5) is 16.1. The van der Waals surface area contributed by atoms with Crippen LogP contribution in [0, 0.1) is 0 Å². The number of methoxy groups -OCH3 is 1. The molecule has 0 aliphatic carbocycles. The maximum absolute atomic E-state index is 12.1. The van der Waals surface area contributed by atoms with E-state index in [2.05, 4.69) is 20.7 Å². The van der Waals surface area contributed by atoms with Crippen molar-refractivity contribution in [3.05, 3.63) is 72.6 Å². The topological polar surface area (TPSA) is 81.1 Å². The van der Waals surface area contributed by atoms with Gasteiger partial charge in [0.05, 0.1) is 12.6 Å². The van der Waals surface area contributed by atoms with E-state index in [1.807, 2.05) is 66.3 Å². The first-order valence-electron chi connectivity index (χ1n) is 9.19. The fourth-order valence-electron chi connectivity index (χ4n) is 3.15. The van der Waals surface area contributed by atoms with Crippen molar-refractivity contribution in [1.29, 1.82) is 0 Å². The molecule has 4 rings (SSSR count). The number of benzene rings is 2. The summed E-state index contributed by atoms with van der Waals surface area (Å²) < 4.78 is 7.20. The summed E-state index contributed by atoms with van der Waals surface area (Å²) in [7, 11) is 3.57. The van der Waals surface area contributed by atoms with E-state index in [0.717, 1.165) is 33.5 Å². The minimum atomic E-state index is -0.261. The molecule has 29 heavy (non-hydrogen) atoms. The molecule has 0 saturated heterocycles. The number of amides is 2. The van der Waals surface area contributed by atoms with Crippen LogP contribution in [-0.4, -0.2) is 27.9 Å². The van der Waals surface area contributed by atoms with Crippen molar-refractivity contribution < 1.29 is 9.53 Å². The van der Waals surface area contributed by atoms with E-state index in [9.17, 15) is 4.79 Å². The first-order chi connectivity index (χ1) is 14.1. The quantitative estimate of drug-likeness (QED) is 0.543. The summed E-state index contributed by atoms with van der Waals surface area (Å²) in [5.74, 6) is 0.788. The first kappa shape index (κ1) is 18.5. The lowest BCUT2D eigenvalue weighted by Crippen LogP contribution is -2.28. The fourth-order valence-corrected chi connectivity index (χ4v) is 3.15. The summed E-state index contributed by atoms with van der Waals surface area (Å²) in [6.07, 6.45) is 3.40. The van der Waals surface area contributed by atoms with E-state index in [1.165, 1.54) is 0 Å². The van der Waals surface area contributed by atoms with Crippen molar-refractivity contribution in [2.45, 2.75) is 6.54 Å². The van der Waals surface area contributed by atoms with Gasteiger partial charge in [-0.15, -0.1) is 0 Å². The van der Waals surface area contributed by atoms with Gasteiger partial charge in [-0.2, -0.15) is 5.10 Å². The number of nitrogens with one attached hydrogen (secondary N) is 2. The molecule has 2 amide bonds. The monoisotopic (exact) mass is 387 g/mol. The van der Waals surface area contributed by atoms with Gasteiger partial charge < -0.3 is 15.4 Å². The van der Waals surface area contributed by atoms with Gasteiger partial charge >= 0.3 is 6.03 Å². The predicted molar refractivity (Wildman–Crippen MR) is 113 cm³/mol. The number of aromatic nitrogens is 3. The zero-order valence-electron chi connectivity index (χ0n) is 16.2. The van der Waals surface area contributed by atoms with Crippen molar-refractivity contribution in [1.82, 2.24) is 20.1 Å². The van der Waals surface area contributed by atoms with E-state index in [1.54, 1.807) is 19.5 Å². The summed E-state index contributed by atoms with van der Waals surface area (Å²) in [5, 5.41) is 11.3. The molecule has 0 atom stereocenters. The number of carbonyl (C=O) groups excluding carboxylic acids is 1. The summed E-state index contributed by atoms with van der Waals surface area (Å²) in [6.45, 7) is 0.439. The Morgan fingerprint density at radius 3 is 2.55 bits per heavy atom. The van der Waals surface area contributed by atoms with Gasteiger partial charge in [-0.1, -0.05) is 12.1 Å². The second-order valence-electron chi connectivity index (χ2n) is 6.60. The largest absolute Gasteiger partial charge is 0.497 e. The Labute approximate surface area is 168 Å². The number of ether oxygens (including phenoxy) is 1. The van der Waals surface area contributed by atoms with Gasteiger partial charge in [-0.3, -0.25) is 9.67 Å². The number of nitrogens with zero attached hydrogens (tertiary/aromatic N) is 3. The van der Waals surface area contributed by atoms with Crippen LogP contribution < -0.4 is 15.4 Å². The molecule has 0 bridgehead atoms. The number of rotatable bonds is 5. The number of carbonyl (C=O) groups is 1. The van der Waals surface area contributed by atoms with Gasteiger partial charge in [0.25, 0.3) is 0 Å². The Morgan fingerprint density at radius 2 is 1.83 bits per heavy atom. The number of fused-ring (bicyclic) bond motifs is 1. The molecule has 0 spiro atoms. The number of hydrogen-bond donors (Lipinski definition) is 2.